The Kier molecular flexibility index (Phi) is 2.52. The molecule has 0 radical (unpaired) electrons. The molecule has 1 aromatic heterocycles. The second kappa shape index (κ2) is 3.95. The molecule has 2 aromatic rings. The third-order valence-corrected chi connectivity index (χ3v) is 4.33. The van der Waals surface area contributed by atoms with Gasteiger partial charge in [-0.05, 0) is 47.6 Å². The lowest BCUT2D eigenvalue weighted by atomic mass is 10.0. The topological polar surface area (TPSA) is 43.8 Å². The van der Waals surface area contributed by atoms with Crippen molar-refractivity contribution < 1.29 is 0 Å². The lowest BCUT2D eigenvalue weighted by molar-refractivity contribution is 0.558. The first kappa shape index (κ1) is 11.5. The number of nitrogens with zero attached hydrogens (tertiary/aromatic N) is 2. The van der Waals surface area contributed by atoms with Gasteiger partial charge >= 0.3 is 0 Å². The summed E-state index contributed by atoms with van der Waals surface area (Å²) in [5, 5.41) is 4.23. The van der Waals surface area contributed by atoms with Gasteiger partial charge < -0.3 is 5.73 Å². The molecule has 3 heteroatoms. The summed E-state index contributed by atoms with van der Waals surface area (Å²) in [4.78, 5) is 0. The van der Waals surface area contributed by atoms with E-state index < -0.39 is 0 Å². The van der Waals surface area contributed by atoms with Gasteiger partial charge in [0.2, 0.25) is 0 Å². The van der Waals surface area contributed by atoms with Gasteiger partial charge in [-0.1, -0.05) is 26.0 Å². The molecule has 0 saturated heterocycles. The first-order chi connectivity index (χ1) is 8.64. The van der Waals surface area contributed by atoms with Crippen molar-refractivity contribution in [1.82, 2.24) is 9.78 Å². The van der Waals surface area contributed by atoms with E-state index in [0.717, 1.165) is 12.2 Å². The quantitative estimate of drug-likeness (QED) is 0.897. The molecule has 1 fully saturated rings. The van der Waals surface area contributed by atoms with Gasteiger partial charge in [0.15, 0.2) is 0 Å². The molecule has 3 nitrogen and oxygen atoms in total. The molecule has 1 aromatic carbocycles. The predicted molar refractivity (Wildman–Crippen MR) is 72.6 cm³/mol. The minimum atomic E-state index is 0.349. The highest BCUT2D eigenvalue weighted by atomic mass is 15.3. The van der Waals surface area contributed by atoms with Crippen LogP contribution in [0.25, 0.3) is 5.69 Å². The van der Waals surface area contributed by atoms with E-state index >= 15 is 0 Å². The highest BCUT2D eigenvalue weighted by molar-refractivity contribution is 5.39. The Balaban J connectivity index is 1.85. The van der Waals surface area contributed by atoms with Gasteiger partial charge in [-0.3, -0.25) is 0 Å². The number of rotatable bonds is 3. The van der Waals surface area contributed by atoms with Gasteiger partial charge in [-0.25, -0.2) is 4.68 Å². The van der Waals surface area contributed by atoms with E-state index in [1.54, 1.807) is 6.20 Å². The normalized spacial score (nSPS) is 25.1. The summed E-state index contributed by atoms with van der Waals surface area (Å²) < 4.78 is 1.88. The molecule has 1 aliphatic carbocycles. The molecule has 2 N–H and O–H groups in total. The Morgan fingerprint density at radius 1 is 1.28 bits per heavy atom. The summed E-state index contributed by atoms with van der Waals surface area (Å²) in [6.45, 7) is 5.38. The van der Waals surface area contributed by atoms with Crippen LogP contribution in [0.15, 0.2) is 42.7 Å². The second-order valence-corrected chi connectivity index (χ2v) is 5.68. The van der Waals surface area contributed by atoms with Crippen LogP contribution in [0, 0.1) is 11.3 Å². The van der Waals surface area contributed by atoms with Gasteiger partial charge in [0.1, 0.15) is 0 Å². The van der Waals surface area contributed by atoms with Crippen molar-refractivity contribution in [2.75, 3.05) is 6.54 Å². The smallest absolute Gasteiger partial charge is 0.0645 e. The van der Waals surface area contributed by atoms with Gasteiger partial charge in [0, 0.05) is 12.4 Å². The molecule has 0 bridgehead atoms. The molecule has 2 atom stereocenters. The summed E-state index contributed by atoms with van der Waals surface area (Å²) in [6, 6.07) is 10.6. The van der Waals surface area contributed by atoms with Gasteiger partial charge in [0.25, 0.3) is 0 Å². The summed E-state index contributed by atoms with van der Waals surface area (Å²) in [5.41, 5.74) is 8.68. The fourth-order valence-corrected chi connectivity index (χ4v) is 3.10. The molecule has 0 unspecified atom stereocenters. The maximum absolute atomic E-state index is 5.83. The van der Waals surface area contributed by atoms with Crippen molar-refractivity contribution in [1.29, 1.82) is 0 Å². The zero-order chi connectivity index (χ0) is 12.8. The van der Waals surface area contributed by atoms with Crippen LogP contribution in [0.5, 0.6) is 0 Å². The van der Waals surface area contributed by atoms with Crippen molar-refractivity contribution >= 4 is 0 Å². The number of aromatic nitrogens is 2. The van der Waals surface area contributed by atoms with Crippen molar-refractivity contribution in [2.45, 2.75) is 19.8 Å². The SMILES string of the molecule is CC1(C)[C@H](CN)[C@H]1c1ccc(-n2cccn2)cc1. The van der Waals surface area contributed by atoms with Crippen LogP contribution in [0.3, 0.4) is 0 Å². The average molecular weight is 241 g/mol. The Bertz CT molecular complexity index is 525. The molecule has 1 heterocycles. The molecular formula is C15H19N3. The van der Waals surface area contributed by atoms with E-state index in [-0.39, 0.29) is 0 Å². The summed E-state index contributed by atoms with van der Waals surface area (Å²) in [6.07, 6.45) is 3.75. The van der Waals surface area contributed by atoms with Crippen LogP contribution in [0.1, 0.15) is 25.3 Å². The van der Waals surface area contributed by atoms with Crippen LogP contribution in [-0.2, 0) is 0 Å². The lowest BCUT2D eigenvalue weighted by Crippen LogP contribution is -2.05. The van der Waals surface area contributed by atoms with E-state index in [4.69, 9.17) is 5.73 Å². The predicted octanol–water partition coefficient (Wildman–Crippen LogP) is 2.57. The van der Waals surface area contributed by atoms with Gasteiger partial charge in [0.05, 0.1) is 5.69 Å². The molecule has 1 aliphatic rings. The maximum atomic E-state index is 5.83. The van der Waals surface area contributed by atoms with E-state index in [1.807, 2.05) is 16.9 Å². The standard InChI is InChI=1S/C15H19N3/c1-15(2)13(10-16)14(15)11-4-6-12(7-5-11)18-9-3-8-17-18/h3-9,13-14H,10,16H2,1-2H3/t13-,14-/m1/s1. The highest BCUT2D eigenvalue weighted by Gasteiger charge is 2.57. The highest BCUT2D eigenvalue weighted by Crippen LogP contribution is 2.63. The Morgan fingerprint density at radius 3 is 2.50 bits per heavy atom. The molecular weight excluding hydrogens is 222 g/mol. The fourth-order valence-electron chi connectivity index (χ4n) is 3.10. The lowest BCUT2D eigenvalue weighted by Gasteiger charge is -2.05. The third-order valence-electron chi connectivity index (χ3n) is 4.33. The van der Waals surface area contributed by atoms with Crippen LogP contribution in [-0.4, -0.2) is 16.3 Å². The summed E-state index contributed by atoms with van der Waals surface area (Å²) >= 11 is 0. The Hall–Kier alpha value is -1.61. The van der Waals surface area contributed by atoms with Crippen LogP contribution in [0.2, 0.25) is 0 Å². The second-order valence-electron chi connectivity index (χ2n) is 5.68. The minimum Gasteiger partial charge on any atom is -0.330 e. The van der Waals surface area contributed by atoms with Crippen molar-refractivity contribution in [3.8, 4) is 5.69 Å². The molecule has 3 rings (SSSR count). The largest absolute Gasteiger partial charge is 0.330 e. The fraction of sp³-hybridized carbons (Fsp3) is 0.400. The van der Waals surface area contributed by atoms with Crippen LogP contribution in [0.4, 0.5) is 0 Å². The van der Waals surface area contributed by atoms with Crippen LogP contribution >= 0.6 is 0 Å². The first-order valence-corrected chi connectivity index (χ1v) is 6.44. The average Bonchev–Trinajstić information content (AvgIpc) is 2.77. The molecule has 0 aliphatic heterocycles. The third kappa shape index (κ3) is 1.66. The maximum Gasteiger partial charge on any atom is 0.0645 e. The molecule has 1 saturated carbocycles. The molecule has 0 spiro atoms. The van der Waals surface area contributed by atoms with Gasteiger partial charge in [-0.15, -0.1) is 0 Å². The van der Waals surface area contributed by atoms with Crippen molar-refractivity contribution in [3.05, 3.63) is 48.3 Å². The molecule has 18 heavy (non-hydrogen) atoms. The number of benzene rings is 1. The van der Waals surface area contributed by atoms with E-state index in [0.29, 0.717) is 17.3 Å². The summed E-state index contributed by atoms with van der Waals surface area (Å²) in [5.74, 6) is 1.22. The Morgan fingerprint density at radius 2 is 2.00 bits per heavy atom. The zero-order valence-corrected chi connectivity index (χ0v) is 10.9. The van der Waals surface area contributed by atoms with E-state index in [9.17, 15) is 0 Å². The van der Waals surface area contributed by atoms with Crippen LogP contribution < -0.4 is 5.73 Å². The number of hydrogen-bond donors (Lipinski definition) is 1. The zero-order valence-electron chi connectivity index (χ0n) is 10.9. The number of hydrogen-bond acceptors (Lipinski definition) is 2. The van der Waals surface area contributed by atoms with Crippen molar-refractivity contribution in [3.63, 3.8) is 0 Å². The summed E-state index contributed by atoms with van der Waals surface area (Å²) in [7, 11) is 0. The monoisotopic (exact) mass is 241 g/mol. The van der Waals surface area contributed by atoms with E-state index in [1.165, 1.54) is 5.56 Å². The Labute approximate surface area is 108 Å². The first-order valence-electron chi connectivity index (χ1n) is 6.44. The van der Waals surface area contributed by atoms with Crippen molar-refractivity contribution in [2.24, 2.45) is 17.1 Å². The minimum absolute atomic E-state index is 0.349. The molecule has 0 amide bonds. The number of nitrogens with two attached hydrogens (primary N) is 1. The van der Waals surface area contributed by atoms with Gasteiger partial charge in [-0.2, -0.15) is 5.10 Å². The van der Waals surface area contributed by atoms with E-state index in [2.05, 4.69) is 43.2 Å². The molecule has 94 valence electrons.